The molecule has 1 aromatic carbocycles. The Hall–Kier alpha value is -1.61. The molecular formula is C15H20N2O. The van der Waals surface area contributed by atoms with E-state index >= 15 is 0 Å². The van der Waals surface area contributed by atoms with Gasteiger partial charge in [0.2, 0.25) is 5.91 Å². The van der Waals surface area contributed by atoms with Gasteiger partial charge < -0.3 is 11.1 Å². The highest BCUT2D eigenvalue weighted by Gasteiger charge is 2.13. The van der Waals surface area contributed by atoms with Crippen molar-refractivity contribution in [1.29, 1.82) is 0 Å². The number of amides is 1. The maximum absolute atomic E-state index is 11.2. The van der Waals surface area contributed by atoms with E-state index in [0.29, 0.717) is 6.42 Å². The van der Waals surface area contributed by atoms with E-state index in [0.717, 1.165) is 24.9 Å². The number of benzene rings is 1. The second-order valence-corrected chi connectivity index (χ2v) is 4.92. The molecule has 3 nitrogen and oxygen atoms in total. The fourth-order valence-corrected chi connectivity index (χ4v) is 2.09. The number of hydrogen-bond acceptors (Lipinski definition) is 2. The first kappa shape index (κ1) is 12.8. The van der Waals surface area contributed by atoms with Crippen molar-refractivity contribution in [3.63, 3.8) is 0 Å². The number of nitrogens with one attached hydrogen (secondary N) is 1. The first-order valence-corrected chi connectivity index (χ1v) is 6.50. The van der Waals surface area contributed by atoms with Crippen LogP contribution in [0.3, 0.4) is 0 Å². The van der Waals surface area contributed by atoms with Gasteiger partial charge in [-0.15, -0.1) is 0 Å². The third-order valence-corrected chi connectivity index (χ3v) is 3.12. The molecule has 0 bridgehead atoms. The van der Waals surface area contributed by atoms with Crippen molar-refractivity contribution in [2.75, 3.05) is 5.32 Å². The smallest absolute Gasteiger partial charge is 0.224 e. The standard InChI is InChI=1S/C15H20N2O/c1-11(16)4-2-3-5-12-6-8-14-13(10-12)7-9-15(18)17-14/h3,5-6,8,10-11H,2,4,7,9,16H2,1H3,(H,17,18)/b5-3+. The van der Waals surface area contributed by atoms with E-state index in [2.05, 4.69) is 23.5 Å². The molecule has 1 heterocycles. The Bertz CT molecular complexity index is 464. The van der Waals surface area contributed by atoms with E-state index in [1.807, 2.05) is 19.1 Å². The largest absolute Gasteiger partial charge is 0.328 e. The highest BCUT2D eigenvalue weighted by atomic mass is 16.1. The topological polar surface area (TPSA) is 55.1 Å². The van der Waals surface area contributed by atoms with Crippen LogP contribution in [-0.2, 0) is 11.2 Å². The molecule has 3 heteroatoms. The van der Waals surface area contributed by atoms with Crippen molar-refractivity contribution in [2.24, 2.45) is 5.73 Å². The molecule has 0 fully saturated rings. The lowest BCUT2D eigenvalue weighted by atomic mass is 10.00. The van der Waals surface area contributed by atoms with Crippen molar-refractivity contribution in [2.45, 2.75) is 38.6 Å². The van der Waals surface area contributed by atoms with Crippen LogP contribution in [0, 0.1) is 0 Å². The van der Waals surface area contributed by atoms with Gasteiger partial charge in [0.05, 0.1) is 0 Å². The van der Waals surface area contributed by atoms with E-state index in [4.69, 9.17) is 5.73 Å². The summed E-state index contributed by atoms with van der Waals surface area (Å²) in [4.78, 5) is 11.2. The van der Waals surface area contributed by atoms with Crippen molar-refractivity contribution < 1.29 is 4.79 Å². The molecule has 0 saturated heterocycles. The molecule has 0 aliphatic carbocycles. The molecule has 18 heavy (non-hydrogen) atoms. The van der Waals surface area contributed by atoms with Crippen LogP contribution in [0.5, 0.6) is 0 Å². The molecule has 2 rings (SSSR count). The summed E-state index contributed by atoms with van der Waals surface area (Å²) in [6.07, 6.45) is 7.72. The summed E-state index contributed by atoms with van der Waals surface area (Å²) < 4.78 is 0. The van der Waals surface area contributed by atoms with Crippen LogP contribution in [0.1, 0.15) is 37.3 Å². The minimum Gasteiger partial charge on any atom is -0.328 e. The Balaban J connectivity index is 2.01. The zero-order valence-electron chi connectivity index (χ0n) is 10.8. The van der Waals surface area contributed by atoms with Crippen LogP contribution in [0.4, 0.5) is 5.69 Å². The quantitative estimate of drug-likeness (QED) is 0.855. The molecule has 3 N–H and O–H groups in total. The van der Waals surface area contributed by atoms with Crippen LogP contribution < -0.4 is 11.1 Å². The molecule has 1 amide bonds. The number of aryl methyl sites for hydroxylation is 1. The van der Waals surface area contributed by atoms with Crippen molar-refractivity contribution >= 4 is 17.7 Å². The maximum atomic E-state index is 11.2. The number of carbonyl (C=O) groups is 1. The van der Waals surface area contributed by atoms with E-state index < -0.39 is 0 Å². The molecule has 1 atom stereocenters. The molecule has 0 spiro atoms. The third-order valence-electron chi connectivity index (χ3n) is 3.12. The van der Waals surface area contributed by atoms with Crippen molar-refractivity contribution in [1.82, 2.24) is 0 Å². The second kappa shape index (κ2) is 5.83. The Labute approximate surface area is 108 Å². The van der Waals surface area contributed by atoms with E-state index in [9.17, 15) is 4.79 Å². The van der Waals surface area contributed by atoms with Gasteiger partial charge in [0.1, 0.15) is 0 Å². The lowest BCUT2D eigenvalue weighted by Crippen LogP contribution is -2.18. The summed E-state index contributed by atoms with van der Waals surface area (Å²) in [5, 5.41) is 2.89. The van der Waals surface area contributed by atoms with E-state index in [1.165, 1.54) is 11.1 Å². The van der Waals surface area contributed by atoms with Gasteiger partial charge in [0.25, 0.3) is 0 Å². The normalized spacial score (nSPS) is 16.4. The summed E-state index contributed by atoms with van der Waals surface area (Å²) in [6.45, 7) is 2.02. The molecule has 96 valence electrons. The summed E-state index contributed by atoms with van der Waals surface area (Å²) in [5.41, 5.74) is 9.07. The number of nitrogens with two attached hydrogens (primary N) is 1. The number of allylic oxidation sites excluding steroid dienone is 1. The number of carbonyl (C=O) groups excluding carboxylic acids is 1. The minimum absolute atomic E-state index is 0.114. The number of rotatable bonds is 4. The van der Waals surface area contributed by atoms with Gasteiger partial charge in [-0.2, -0.15) is 0 Å². The fourth-order valence-electron chi connectivity index (χ4n) is 2.09. The fraction of sp³-hybridized carbons (Fsp3) is 0.400. The highest BCUT2D eigenvalue weighted by molar-refractivity contribution is 5.94. The molecule has 0 aromatic heterocycles. The van der Waals surface area contributed by atoms with Gasteiger partial charge in [0, 0.05) is 18.2 Å². The van der Waals surface area contributed by atoms with Crippen molar-refractivity contribution in [3.05, 3.63) is 35.4 Å². The van der Waals surface area contributed by atoms with Gasteiger partial charge in [0.15, 0.2) is 0 Å². The summed E-state index contributed by atoms with van der Waals surface area (Å²) in [6, 6.07) is 6.43. The molecule has 0 radical (unpaired) electrons. The average molecular weight is 244 g/mol. The van der Waals surface area contributed by atoms with Crippen LogP contribution in [0.25, 0.3) is 6.08 Å². The lowest BCUT2D eigenvalue weighted by Gasteiger charge is -2.16. The molecule has 0 saturated carbocycles. The second-order valence-electron chi connectivity index (χ2n) is 4.92. The van der Waals surface area contributed by atoms with Crippen LogP contribution in [0.15, 0.2) is 24.3 Å². The Morgan fingerprint density at radius 2 is 2.28 bits per heavy atom. The minimum atomic E-state index is 0.114. The predicted octanol–water partition coefficient (Wildman–Crippen LogP) is 2.71. The van der Waals surface area contributed by atoms with Crippen molar-refractivity contribution in [3.8, 4) is 0 Å². The van der Waals surface area contributed by atoms with Gasteiger partial charge >= 0.3 is 0 Å². The van der Waals surface area contributed by atoms with Gasteiger partial charge in [-0.1, -0.05) is 18.2 Å². The summed E-state index contributed by atoms with van der Waals surface area (Å²) >= 11 is 0. The van der Waals surface area contributed by atoms with Crippen LogP contribution >= 0.6 is 0 Å². The molecule has 1 unspecified atom stereocenters. The highest BCUT2D eigenvalue weighted by Crippen LogP contribution is 2.24. The zero-order chi connectivity index (χ0) is 13.0. The van der Waals surface area contributed by atoms with E-state index in [-0.39, 0.29) is 11.9 Å². The molecule has 1 aromatic rings. The SMILES string of the molecule is CC(N)CC/C=C/c1ccc2c(c1)CCC(=O)N2. The first-order valence-electron chi connectivity index (χ1n) is 6.50. The summed E-state index contributed by atoms with van der Waals surface area (Å²) in [5.74, 6) is 0.114. The maximum Gasteiger partial charge on any atom is 0.224 e. The van der Waals surface area contributed by atoms with Crippen LogP contribution in [0.2, 0.25) is 0 Å². The summed E-state index contributed by atoms with van der Waals surface area (Å²) in [7, 11) is 0. The lowest BCUT2D eigenvalue weighted by molar-refractivity contribution is -0.116. The third kappa shape index (κ3) is 3.44. The monoisotopic (exact) mass is 244 g/mol. The first-order chi connectivity index (χ1) is 8.65. The number of fused-ring (bicyclic) bond motifs is 1. The molecular weight excluding hydrogens is 224 g/mol. The zero-order valence-corrected chi connectivity index (χ0v) is 10.8. The van der Waals surface area contributed by atoms with Gasteiger partial charge in [-0.3, -0.25) is 4.79 Å². The Kier molecular flexibility index (Phi) is 4.15. The molecule has 1 aliphatic rings. The number of hydrogen-bond donors (Lipinski definition) is 2. The Morgan fingerprint density at radius 3 is 3.06 bits per heavy atom. The molecule has 1 aliphatic heterocycles. The predicted molar refractivity (Wildman–Crippen MR) is 75.3 cm³/mol. The average Bonchev–Trinajstić information content (AvgIpc) is 2.34. The van der Waals surface area contributed by atoms with E-state index in [1.54, 1.807) is 0 Å². The number of anilines is 1. The van der Waals surface area contributed by atoms with Crippen LogP contribution in [-0.4, -0.2) is 11.9 Å². The van der Waals surface area contributed by atoms with Gasteiger partial charge in [-0.25, -0.2) is 0 Å². The Morgan fingerprint density at radius 1 is 1.44 bits per heavy atom. The van der Waals surface area contributed by atoms with Gasteiger partial charge in [-0.05, 0) is 49.4 Å².